The van der Waals surface area contributed by atoms with E-state index in [4.69, 9.17) is 10.2 Å². The molecular formula is C11H24N2O2Si. The summed E-state index contributed by atoms with van der Waals surface area (Å²) in [5.41, 5.74) is 5.23. The van der Waals surface area contributed by atoms with Crippen LogP contribution in [0.1, 0.15) is 27.2 Å². The second-order valence-corrected chi connectivity index (χ2v) is 11.0. The van der Waals surface area contributed by atoms with Gasteiger partial charge in [-0.2, -0.15) is 0 Å². The molecule has 16 heavy (non-hydrogen) atoms. The van der Waals surface area contributed by atoms with Gasteiger partial charge in [-0.3, -0.25) is 4.79 Å². The lowest BCUT2D eigenvalue weighted by molar-refractivity contribution is -0.124. The van der Waals surface area contributed by atoms with Gasteiger partial charge in [0.25, 0.3) is 0 Å². The number of rotatable bonds is 3. The van der Waals surface area contributed by atoms with Crippen molar-refractivity contribution in [3.05, 3.63) is 0 Å². The minimum atomic E-state index is -1.81. The van der Waals surface area contributed by atoms with Gasteiger partial charge in [-0.15, -0.1) is 0 Å². The molecule has 1 saturated heterocycles. The van der Waals surface area contributed by atoms with Crippen LogP contribution in [0.5, 0.6) is 0 Å². The Morgan fingerprint density at radius 3 is 2.44 bits per heavy atom. The van der Waals surface area contributed by atoms with E-state index in [2.05, 4.69) is 39.2 Å². The molecule has 0 spiro atoms. The Labute approximate surface area is 99.1 Å². The molecule has 3 N–H and O–H groups in total. The number of carbonyl (C=O) groups excluding carboxylic acids is 1. The molecule has 1 amide bonds. The van der Waals surface area contributed by atoms with Gasteiger partial charge in [0.2, 0.25) is 5.91 Å². The fraction of sp³-hybridized carbons (Fsp3) is 0.909. The molecule has 0 aromatic heterocycles. The maximum absolute atomic E-state index is 11.6. The summed E-state index contributed by atoms with van der Waals surface area (Å²) in [7, 11) is -1.81. The van der Waals surface area contributed by atoms with Gasteiger partial charge in [-0.1, -0.05) is 20.8 Å². The second-order valence-electron chi connectivity index (χ2n) is 6.21. The van der Waals surface area contributed by atoms with Crippen LogP contribution in [0.2, 0.25) is 18.1 Å². The molecular weight excluding hydrogens is 220 g/mol. The Hall–Kier alpha value is -0.393. The lowest BCUT2D eigenvalue weighted by Gasteiger charge is -2.38. The molecule has 1 fully saturated rings. The first-order valence-electron chi connectivity index (χ1n) is 5.80. The van der Waals surface area contributed by atoms with E-state index in [-0.39, 0.29) is 10.9 Å². The van der Waals surface area contributed by atoms with E-state index < -0.39 is 13.9 Å². The molecule has 1 rings (SSSR count). The lowest BCUT2D eigenvalue weighted by Crippen LogP contribution is -2.54. The average Bonchev–Trinajstić information content (AvgIpc) is 2.43. The van der Waals surface area contributed by atoms with Gasteiger partial charge in [0.1, 0.15) is 5.54 Å². The van der Waals surface area contributed by atoms with Crippen molar-refractivity contribution in [2.45, 2.75) is 50.9 Å². The van der Waals surface area contributed by atoms with Crippen LogP contribution in [0, 0.1) is 0 Å². The van der Waals surface area contributed by atoms with E-state index in [1.165, 1.54) is 0 Å². The van der Waals surface area contributed by atoms with E-state index in [9.17, 15) is 4.79 Å². The Morgan fingerprint density at radius 1 is 1.50 bits per heavy atom. The Bertz CT molecular complexity index is 286. The highest BCUT2D eigenvalue weighted by molar-refractivity contribution is 6.74. The number of nitrogens with one attached hydrogen (secondary N) is 1. The van der Waals surface area contributed by atoms with Crippen molar-refractivity contribution in [1.82, 2.24) is 5.32 Å². The largest absolute Gasteiger partial charge is 0.414 e. The highest BCUT2D eigenvalue weighted by Gasteiger charge is 2.43. The minimum Gasteiger partial charge on any atom is -0.414 e. The lowest BCUT2D eigenvalue weighted by atomic mass is 10.0. The van der Waals surface area contributed by atoms with E-state index in [0.717, 1.165) is 0 Å². The molecule has 1 heterocycles. The first-order chi connectivity index (χ1) is 7.08. The standard InChI is InChI=1S/C11H24N2O2Si/c1-10(2,3)16(4,5)15-8-11(12)6-7-13-9(11)14/h6-8,12H2,1-5H3,(H,13,14). The molecule has 0 aromatic rings. The summed E-state index contributed by atoms with van der Waals surface area (Å²) in [6.07, 6.45) is 0.667. The zero-order valence-corrected chi connectivity index (χ0v) is 12.0. The highest BCUT2D eigenvalue weighted by atomic mass is 28.4. The molecule has 0 bridgehead atoms. The van der Waals surface area contributed by atoms with Crippen molar-refractivity contribution in [3.8, 4) is 0 Å². The molecule has 1 aliphatic heterocycles. The average molecular weight is 244 g/mol. The fourth-order valence-corrected chi connectivity index (χ4v) is 2.40. The van der Waals surface area contributed by atoms with Gasteiger partial charge >= 0.3 is 0 Å². The normalized spacial score (nSPS) is 27.0. The molecule has 1 aliphatic rings. The van der Waals surface area contributed by atoms with Crippen molar-refractivity contribution in [2.24, 2.45) is 5.73 Å². The maximum atomic E-state index is 11.6. The molecule has 0 aliphatic carbocycles. The van der Waals surface area contributed by atoms with E-state index in [1.54, 1.807) is 0 Å². The summed E-state index contributed by atoms with van der Waals surface area (Å²) in [6.45, 7) is 11.9. The summed E-state index contributed by atoms with van der Waals surface area (Å²) in [5, 5.41) is 2.91. The quantitative estimate of drug-likeness (QED) is 0.734. The number of hydrogen-bond acceptors (Lipinski definition) is 3. The van der Waals surface area contributed by atoms with Crippen LogP contribution in [0.25, 0.3) is 0 Å². The zero-order chi connectivity index (χ0) is 12.6. The second kappa shape index (κ2) is 4.12. The third kappa shape index (κ3) is 2.64. The summed E-state index contributed by atoms with van der Waals surface area (Å²) >= 11 is 0. The van der Waals surface area contributed by atoms with Crippen molar-refractivity contribution < 1.29 is 9.22 Å². The Kier molecular flexibility index (Phi) is 3.52. The molecule has 0 radical (unpaired) electrons. The van der Waals surface area contributed by atoms with Gasteiger partial charge in [0.15, 0.2) is 8.32 Å². The van der Waals surface area contributed by atoms with Crippen molar-refractivity contribution in [2.75, 3.05) is 13.2 Å². The summed E-state index contributed by atoms with van der Waals surface area (Å²) < 4.78 is 6.00. The minimum absolute atomic E-state index is 0.0776. The first kappa shape index (κ1) is 13.7. The Morgan fingerprint density at radius 2 is 2.06 bits per heavy atom. The van der Waals surface area contributed by atoms with E-state index in [1.807, 2.05) is 0 Å². The highest BCUT2D eigenvalue weighted by Crippen LogP contribution is 2.37. The van der Waals surface area contributed by atoms with Gasteiger partial charge in [0, 0.05) is 6.54 Å². The fourth-order valence-electron chi connectivity index (χ4n) is 1.35. The monoisotopic (exact) mass is 244 g/mol. The summed E-state index contributed by atoms with van der Waals surface area (Å²) in [6, 6.07) is 0. The van der Waals surface area contributed by atoms with Gasteiger partial charge in [-0.25, -0.2) is 0 Å². The number of amides is 1. The van der Waals surface area contributed by atoms with Gasteiger partial charge in [0.05, 0.1) is 6.61 Å². The third-order valence-electron chi connectivity index (χ3n) is 3.81. The Balaban J connectivity index is 2.61. The van der Waals surface area contributed by atoms with Crippen LogP contribution in [0.4, 0.5) is 0 Å². The topological polar surface area (TPSA) is 64.3 Å². The SMILES string of the molecule is CC(C)(C)[Si](C)(C)OCC1(N)CCNC1=O. The predicted molar refractivity (Wildman–Crippen MR) is 67.7 cm³/mol. The van der Waals surface area contributed by atoms with Gasteiger partial charge < -0.3 is 15.5 Å². The van der Waals surface area contributed by atoms with Gasteiger partial charge in [-0.05, 0) is 24.6 Å². The smallest absolute Gasteiger partial charge is 0.242 e. The maximum Gasteiger partial charge on any atom is 0.242 e. The van der Waals surface area contributed by atoms with Crippen LogP contribution in [0.3, 0.4) is 0 Å². The molecule has 5 heteroatoms. The number of nitrogens with two attached hydrogens (primary N) is 1. The van der Waals surface area contributed by atoms with Crippen LogP contribution < -0.4 is 11.1 Å². The molecule has 1 unspecified atom stereocenters. The van der Waals surface area contributed by atoms with E-state index >= 15 is 0 Å². The van der Waals surface area contributed by atoms with Crippen LogP contribution in [-0.2, 0) is 9.22 Å². The number of carbonyl (C=O) groups is 1. The molecule has 1 atom stereocenters. The van der Waals surface area contributed by atoms with Crippen molar-refractivity contribution in [1.29, 1.82) is 0 Å². The predicted octanol–water partition coefficient (Wildman–Crippen LogP) is 1.23. The summed E-state index contributed by atoms with van der Waals surface area (Å²) in [5.74, 6) is -0.0776. The third-order valence-corrected chi connectivity index (χ3v) is 8.28. The van der Waals surface area contributed by atoms with Crippen LogP contribution >= 0.6 is 0 Å². The van der Waals surface area contributed by atoms with E-state index in [0.29, 0.717) is 19.6 Å². The van der Waals surface area contributed by atoms with Crippen molar-refractivity contribution >= 4 is 14.2 Å². The molecule has 0 saturated carbocycles. The van der Waals surface area contributed by atoms with Crippen molar-refractivity contribution in [3.63, 3.8) is 0 Å². The zero-order valence-electron chi connectivity index (χ0n) is 11.0. The molecule has 4 nitrogen and oxygen atoms in total. The van der Waals surface area contributed by atoms with Crippen LogP contribution in [-0.4, -0.2) is 32.9 Å². The summed E-state index contributed by atoms with van der Waals surface area (Å²) in [4.78, 5) is 11.6. The molecule has 94 valence electrons. The molecule has 0 aromatic carbocycles. The first-order valence-corrected chi connectivity index (χ1v) is 8.70. The number of hydrogen-bond donors (Lipinski definition) is 2. The van der Waals surface area contributed by atoms with Crippen LogP contribution in [0.15, 0.2) is 0 Å².